The normalized spacial score (nSPS) is 10.4. The van der Waals surface area contributed by atoms with E-state index in [-0.39, 0.29) is 12.5 Å². The molecule has 0 N–H and O–H groups in total. The van der Waals surface area contributed by atoms with Gasteiger partial charge in [0.05, 0.1) is 13.7 Å². The van der Waals surface area contributed by atoms with Gasteiger partial charge in [-0.2, -0.15) is 0 Å². The second kappa shape index (κ2) is 6.91. The summed E-state index contributed by atoms with van der Waals surface area (Å²) < 4.78 is 10.1. The fourth-order valence-corrected chi connectivity index (χ4v) is 1.32. The van der Waals surface area contributed by atoms with Crippen LogP contribution in [0.5, 0.6) is 5.75 Å². The molecule has 0 fully saturated rings. The van der Waals surface area contributed by atoms with Crippen LogP contribution in [0.15, 0.2) is 24.3 Å². The van der Waals surface area contributed by atoms with E-state index >= 15 is 0 Å². The van der Waals surface area contributed by atoms with Crippen molar-refractivity contribution in [3.63, 3.8) is 0 Å². The molecule has 4 heteroatoms. The first-order chi connectivity index (χ1) is 8.11. The minimum Gasteiger partial charge on any atom is -0.492 e. The van der Waals surface area contributed by atoms with Crippen molar-refractivity contribution in [3.05, 3.63) is 29.8 Å². The lowest BCUT2D eigenvalue weighted by Gasteiger charge is -2.15. The summed E-state index contributed by atoms with van der Waals surface area (Å²) in [6, 6.07) is 7.90. The summed E-state index contributed by atoms with van der Waals surface area (Å²) in [7, 11) is 3.24. The van der Waals surface area contributed by atoms with E-state index in [4.69, 9.17) is 4.74 Å². The summed E-state index contributed by atoms with van der Waals surface area (Å²) in [6.07, 6.45) is 0. The number of carbonyl (C=O) groups is 1. The molecule has 0 unspecified atom stereocenters. The van der Waals surface area contributed by atoms with Crippen molar-refractivity contribution >= 4 is 5.97 Å². The maximum absolute atomic E-state index is 11.0. The van der Waals surface area contributed by atoms with Crippen LogP contribution in [0, 0.1) is 6.92 Å². The van der Waals surface area contributed by atoms with Crippen molar-refractivity contribution in [1.82, 2.24) is 4.90 Å². The summed E-state index contributed by atoms with van der Waals surface area (Å²) in [5.41, 5.74) is 1.21. The summed E-state index contributed by atoms with van der Waals surface area (Å²) in [4.78, 5) is 12.8. The van der Waals surface area contributed by atoms with Crippen LogP contribution in [0.4, 0.5) is 0 Å². The fourth-order valence-electron chi connectivity index (χ4n) is 1.32. The van der Waals surface area contributed by atoms with Gasteiger partial charge in [0.25, 0.3) is 0 Å². The topological polar surface area (TPSA) is 38.8 Å². The van der Waals surface area contributed by atoms with Crippen molar-refractivity contribution in [2.75, 3.05) is 33.9 Å². The van der Waals surface area contributed by atoms with Crippen molar-refractivity contribution < 1.29 is 14.3 Å². The zero-order valence-corrected chi connectivity index (χ0v) is 10.6. The monoisotopic (exact) mass is 237 g/mol. The number of benzene rings is 1. The van der Waals surface area contributed by atoms with Gasteiger partial charge in [0, 0.05) is 6.54 Å². The molecule has 0 saturated heterocycles. The van der Waals surface area contributed by atoms with E-state index in [2.05, 4.69) is 4.74 Å². The number of ether oxygens (including phenoxy) is 2. The molecule has 0 heterocycles. The molecular formula is C13H19NO3. The molecule has 0 aliphatic heterocycles. The summed E-state index contributed by atoms with van der Waals surface area (Å²) in [5.74, 6) is 0.616. The molecule has 1 rings (SSSR count). The third-order valence-electron chi connectivity index (χ3n) is 2.39. The van der Waals surface area contributed by atoms with Crippen LogP contribution in [0.2, 0.25) is 0 Å². The second-order valence-corrected chi connectivity index (χ2v) is 3.98. The molecule has 0 aliphatic rings. The van der Waals surface area contributed by atoms with E-state index in [0.717, 1.165) is 5.75 Å². The van der Waals surface area contributed by atoms with Gasteiger partial charge in [0.1, 0.15) is 12.4 Å². The van der Waals surface area contributed by atoms with E-state index in [1.54, 1.807) is 0 Å². The first-order valence-electron chi connectivity index (χ1n) is 5.56. The quantitative estimate of drug-likeness (QED) is 0.702. The fraction of sp³-hybridized carbons (Fsp3) is 0.462. The largest absolute Gasteiger partial charge is 0.492 e. The number of likely N-dealkylation sites (N-methyl/N-ethyl adjacent to an activating group) is 1. The van der Waals surface area contributed by atoms with E-state index in [9.17, 15) is 4.79 Å². The molecule has 0 atom stereocenters. The molecule has 0 amide bonds. The minimum atomic E-state index is -0.233. The van der Waals surface area contributed by atoms with Crippen LogP contribution in [-0.4, -0.2) is 44.7 Å². The van der Waals surface area contributed by atoms with E-state index in [0.29, 0.717) is 13.2 Å². The molecule has 94 valence electrons. The van der Waals surface area contributed by atoms with Gasteiger partial charge in [0.15, 0.2) is 0 Å². The summed E-state index contributed by atoms with van der Waals surface area (Å²) >= 11 is 0. The third-order valence-corrected chi connectivity index (χ3v) is 2.39. The van der Waals surface area contributed by atoms with Crippen LogP contribution in [0.3, 0.4) is 0 Å². The Hall–Kier alpha value is -1.55. The predicted octanol–water partition coefficient (Wildman–Crippen LogP) is 1.48. The molecule has 4 nitrogen and oxygen atoms in total. The molecule has 0 aromatic heterocycles. The maximum atomic E-state index is 11.0. The summed E-state index contributed by atoms with van der Waals surface area (Å²) in [5, 5.41) is 0. The molecule has 0 saturated carbocycles. The van der Waals surface area contributed by atoms with Gasteiger partial charge in [-0.25, -0.2) is 0 Å². The average molecular weight is 237 g/mol. The van der Waals surface area contributed by atoms with Crippen molar-refractivity contribution in [2.45, 2.75) is 6.92 Å². The molecule has 0 bridgehead atoms. The highest BCUT2D eigenvalue weighted by molar-refractivity contribution is 5.71. The zero-order valence-electron chi connectivity index (χ0n) is 10.6. The van der Waals surface area contributed by atoms with Gasteiger partial charge in [-0.1, -0.05) is 17.7 Å². The van der Waals surface area contributed by atoms with Gasteiger partial charge in [0.2, 0.25) is 0 Å². The van der Waals surface area contributed by atoms with Crippen molar-refractivity contribution in [1.29, 1.82) is 0 Å². The smallest absolute Gasteiger partial charge is 0.319 e. The van der Waals surface area contributed by atoms with E-state index in [1.807, 2.05) is 43.1 Å². The molecule has 0 spiro atoms. The van der Waals surface area contributed by atoms with Gasteiger partial charge in [-0.15, -0.1) is 0 Å². The lowest BCUT2D eigenvalue weighted by molar-refractivity contribution is -0.141. The summed E-state index contributed by atoms with van der Waals surface area (Å²) in [6.45, 7) is 3.56. The highest BCUT2D eigenvalue weighted by atomic mass is 16.5. The van der Waals surface area contributed by atoms with Gasteiger partial charge in [-0.05, 0) is 26.1 Å². The molecule has 1 aromatic rings. The highest BCUT2D eigenvalue weighted by Crippen LogP contribution is 2.10. The van der Waals surface area contributed by atoms with E-state index in [1.165, 1.54) is 12.7 Å². The minimum absolute atomic E-state index is 0.233. The molecule has 1 aromatic carbocycles. The van der Waals surface area contributed by atoms with Crippen LogP contribution in [-0.2, 0) is 9.53 Å². The SMILES string of the molecule is COC(=O)CN(C)CCOc1ccc(C)cc1. The maximum Gasteiger partial charge on any atom is 0.319 e. The number of hydrogen-bond acceptors (Lipinski definition) is 4. The van der Waals surface area contributed by atoms with Crippen LogP contribution in [0.25, 0.3) is 0 Å². The standard InChI is InChI=1S/C13H19NO3/c1-11-4-6-12(7-5-11)17-9-8-14(2)10-13(15)16-3/h4-7H,8-10H2,1-3H3. The van der Waals surface area contributed by atoms with Crippen molar-refractivity contribution in [2.24, 2.45) is 0 Å². The lowest BCUT2D eigenvalue weighted by Crippen LogP contribution is -2.30. The van der Waals surface area contributed by atoms with Gasteiger partial charge in [-0.3, -0.25) is 9.69 Å². The number of aryl methyl sites for hydroxylation is 1. The Balaban J connectivity index is 2.23. The number of rotatable bonds is 6. The first kappa shape index (κ1) is 13.5. The molecule has 0 aliphatic carbocycles. The van der Waals surface area contributed by atoms with Crippen LogP contribution >= 0.6 is 0 Å². The highest BCUT2D eigenvalue weighted by Gasteiger charge is 2.05. The van der Waals surface area contributed by atoms with Crippen LogP contribution < -0.4 is 4.74 Å². The van der Waals surface area contributed by atoms with E-state index < -0.39 is 0 Å². The first-order valence-corrected chi connectivity index (χ1v) is 5.56. The number of methoxy groups -OCH3 is 1. The molecule has 0 radical (unpaired) electrons. The Bertz CT molecular complexity index is 348. The number of nitrogens with zero attached hydrogens (tertiary/aromatic N) is 1. The average Bonchev–Trinajstić information content (AvgIpc) is 2.31. The Morgan fingerprint density at radius 1 is 1.29 bits per heavy atom. The lowest BCUT2D eigenvalue weighted by atomic mass is 10.2. The number of carbonyl (C=O) groups excluding carboxylic acids is 1. The zero-order chi connectivity index (χ0) is 12.7. The second-order valence-electron chi connectivity index (χ2n) is 3.98. The molecular weight excluding hydrogens is 218 g/mol. The Morgan fingerprint density at radius 2 is 1.94 bits per heavy atom. The Labute approximate surface area is 102 Å². The predicted molar refractivity (Wildman–Crippen MR) is 66.2 cm³/mol. The van der Waals surface area contributed by atoms with Gasteiger partial charge >= 0.3 is 5.97 Å². The molecule has 17 heavy (non-hydrogen) atoms. The van der Waals surface area contributed by atoms with Crippen molar-refractivity contribution in [3.8, 4) is 5.75 Å². The number of esters is 1. The van der Waals surface area contributed by atoms with Crippen LogP contribution in [0.1, 0.15) is 5.56 Å². The van der Waals surface area contributed by atoms with Gasteiger partial charge < -0.3 is 9.47 Å². The third kappa shape index (κ3) is 5.36. The Kier molecular flexibility index (Phi) is 5.49. The number of hydrogen-bond donors (Lipinski definition) is 0. The Morgan fingerprint density at radius 3 is 2.53 bits per heavy atom.